The number of unbranched alkanes of at least 4 members (excludes halogenated alkanes) is 1. The molecule has 66 valence electrons. The third-order valence-electron chi connectivity index (χ3n) is 1.22. The lowest BCUT2D eigenvalue weighted by molar-refractivity contribution is 0.282. The molecule has 0 amide bonds. The van der Waals surface area contributed by atoms with Gasteiger partial charge in [0.2, 0.25) is 0 Å². The highest BCUT2D eigenvalue weighted by atomic mass is 28.4. The fourth-order valence-electron chi connectivity index (χ4n) is 0.524. The minimum absolute atomic E-state index is 0.651. The van der Waals surface area contributed by atoms with Crippen LogP contribution >= 0.6 is 0 Å². The molecule has 0 aliphatic rings. The van der Waals surface area contributed by atoms with Crippen molar-refractivity contribution in [3.05, 3.63) is 0 Å². The van der Waals surface area contributed by atoms with E-state index >= 15 is 0 Å². The summed E-state index contributed by atoms with van der Waals surface area (Å²) in [5.41, 5.74) is 0. The second-order valence-electron chi connectivity index (χ2n) is 3.64. The molecule has 0 aromatic rings. The summed E-state index contributed by atoms with van der Waals surface area (Å²) in [5.74, 6) is 0. The first-order valence-electron chi connectivity index (χ1n) is 4.28. The van der Waals surface area contributed by atoms with E-state index in [2.05, 4.69) is 26.6 Å². The Morgan fingerprint density at radius 1 is 1.27 bits per heavy atom. The molecule has 4 heteroatoms. The van der Waals surface area contributed by atoms with Crippen LogP contribution in [0.2, 0.25) is 19.6 Å². The molecule has 0 heterocycles. The molecule has 0 aromatic carbocycles. The highest BCUT2D eigenvalue weighted by Gasteiger charge is 2.14. The Morgan fingerprint density at radius 2 is 1.91 bits per heavy atom. The van der Waals surface area contributed by atoms with E-state index in [1.165, 1.54) is 12.8 Å². The van der Waals surface area contributed by atoms with Crippen molar-refractivity contribution in [2.45, 2.75) is 39.4 Å². The van der Waals surface area contributed by atoms with E-state index in [-0.39, 0.29) is 0 Å². The SMILES string of the molecule is CCCC[O][AlH][O][Si](C)(C)C. The first-order valence-corrected chi connectivity index (χ1v) is 8.84. The average molecular weight is 190 g/mol. The van der Waals surface area contributed by atoms with Gasteiger partial charge >= 0.3 is 15.9 Å². The minimum Gasteiger partial charge on any atom is -0.526 e. The fourth-order valence-corrected chi connectivity index (χ4v) is 2.59. The largest absolute Gasteiger partial charge is 0.638 e. The fraction of sp³-hybridized carbons (Fsp3) is 1.00. The zero-order valence-corrected chi connectivity index (χ0v) is 10.6. The molecule has 0 aliphatic heterocycles. The average Bonchev–Trinajstić information content (AvgIpc) is 1.85. The lowest BCUT2D eigenvalue weighted by Gasteiger charge is -2.17. The molecule has 0 aromatic heterocycles. The zero-order chi connectivity index (χ0) is 8.74. The third kappa shape index (κ3) is 10.7. The predicted molar refractivity (Wildman–Crippen MR) is 52.4 cm³/mol. The quantitative estimate of drug-likeness (QED) is 0.470. The van der Waals surface area contributed by atoms with Gasteiger partial charge in [0, 0.05) is 6.61 Å². The van der Waals surface area contributed by atoms with Crippen molar-refractivity contribution in [3.63, 3.8) is 0 Å². The summed E-state index contributed by atoms with van der Waals surface area (Å²) >= 11 is -0.651. The van der Waals surface area contributed by atoms with Crippen LogP contribution in [-0.2, 0) is 7.27 Å². The summed E-state index contributed by atoms with van der Waals surface area (Å²) in [4.78, 5) is 0. The molecule has 2 nitrogen and oxygen atoms in total. The Labute approximate surface area is 77.8 Å². The lowest BCUT2D eigenvalue weighted by Crippen LogP contribution is -2.28. The van der Waals surface area contributed by atoms with E-state index in [0.717, 1.165) is 6.61 Å². The van der Waals surface area contributed by atoms with E-state index < -0.39 is 24.2 Å². The maximum Gasteiger partial charge on any atom is 0.638 e. The van der Waals surface area contributed by atoms with Crippen molar-refractivity contribution < 1.29 is 7.27 Å². The van der Waals surface area contributed by atoms with Crippen LogP contribution in [-0.4, -0.2) is 30.8 Å². The van der Waals surface area contributed by atoms with E-state index in [1.54, 1.807) is 0 Å². The van der Waals surface area contributed by atoms with Crippen molar-refractivity contribution in [2.24, 2.45) is 0 Å². The van der Waals surface area contributed by atoms with Gasteiger partial charge in [-0.2, -0.15) is 0 Å². The van der Waals surface area contributed by atoms with Gasteiger partial charge in [-0.15, -0.1) is 0 Å². The van der Waals surface area contributed by atoms with Gasteiger partial charge < -0.3 is 7.27 Å². The summed E-state index contributed by atoms with van der Waals surface area (Å²) in [6.07, 6.45) is 2.38. The van der Waals surface area contributed by atoms with Gasteiger partial charge in [-0.25, -0.2) is 0 Å². The summed E-state index contributed by atoms with van der Waals surface area (Å²) in [6, 6.07) is 0. The van der Waals surface area contributed by atoms with Crippen LogP contribution in [0.5, 0.6) is 0 Å². The summed E-state index contributed by atoms with van der Waals surface area (Å²) in [5, 5.41) is 0. The Kier molecular flexibility index (Phi) is 6.59. The Balaban J connectivity index is 3.02. The summed E-state index contributed by atoms with van der Waals surface area (Å²) in [6.45, 7) is 9.66. The molecule has 0 saturated heterocycles. The number of hydrogen-bond acceptors (Lipinski definition) is 2. The molecule has 0 rings (SSSR count). The zero-order valence-electron chi connectivity index (χ0n) is 8.14. The van der Waals surface area contributed by atoms with Crippen LogP contribution in [0.15, 0.2) is 0 Å². The standard InChI is InChI=1S/C4H9O.C3H9OSi.Al.H/c1-2-3-4-5;1-5(2,3)4;;/h2-4H2,1H3;1-3H3;;/q2*-1;+2;. The molecule has 0 spiro atoms. The van der Waals surface area contributed by atoms with Crippen LogP contribution in [0.4, 0.5) is 0 Å². The molecule has 0 atom stereocenters. The maximum atomic E-state index is 5.63. The van der Waals surface area contributed by atoms with E-state index in [4.69, 9.17) is 7.27 Å². The summed E-state index contributed by atoms with van der Waals surface area (Å²) < 4.78 is 11.0. The van der Waals surface area contributed by atoms with Gasteiger partial charge in [-0.3, -0.25) is 0 Å². The monoisotopic (exact) mass is 190 g/mol. The lowest BCUT2D eigenvalue weighted by atomic mass is 10.4. The molecule has 0 saturated carbocycles. The van der Waals surface area contributed by atoms with Gasteiger partial charge in [-0.05, 0) is 26.1 Å². The normalized spacial score (nSPS) is 11.6. The molecule has 0 radical (unpaired) electrons. The second kappa shape index (κ2) is 6.21. The van der Waals surface area contributed by atoms with Gasteiger partial charge in [0.15, 0.2) is 8.32 Å². The van der Waals surface area contributed by atoms with Crippen LogP contribution in [0, 0.1) is 0 Å². The van der Waals surface area contributed by atoms with E-state index in [9.17, 15) is 0 Å². The molecule has 0 N–H and O–H groups in total. The highest BCUT2D eigenvalue weighted by Crippen LogP contribution is 2.00. The van der Waals surface area contributed by atoms with Crippen molar-refractivity contribution in [1.82, 2.24) is 0 Å². The number of rotatable bonds is 6. The van der Waals surface area contributed by atoms with E-state index in [0.29, 0.717) is 0 Å². The third-order valence-corrected chi connectivity index (χ3v) is 5.61. The molecule has 0 aliphatic carbocycles. The molecular weight excluding hydrogens is 171 g/mol. The smallest absolute Gasteiger partial charge is 0.526 e. The van der Waals surface area contributed by atoms with Gasteiger partial charge in [0.25, 0.3) is 0 Å². The molecule has 0 fully saturated rings. The molecule has 0 unspecified atom stereocenters. The van der Waals surface area contributed by atoms with Crippen molar-refractivity contribution >= 4 is 24.2 Å². The Bertz CT molecular complexity index is 92.9. The Hall–Kier alpha value is 0.669. The van der Waals surface area contributed by atoms with Crippen LogP contribution in [0.25, 0.3) is 0 Å². The second-order valence-corrected chi connectivity index (χ2v) is 9.66. The first kappa shape index (κ1) is 11.7. The van der Waals surface area contributed by atoms with Crippen LogP contribution in [0.3, 0.4) is 0 Å². The summed E-state index contributed by atoms with van der Waals surface area (Å²) in [7, 11) is -1.28. The molecular formula is C7H19AlO2Si. The topological polar surface area (TPSA) is 18.5 Å². The number of hydrogen-bond donors (Lipinski definition) is 0. The van der Waals surface area contributed by atoms with Gasteiger partial charge in [-0.1, -0.05) is 13.3 Å². The predicted octanol–water partition coefficient (Wildman–Crippen LogP) is 1.92. The van der Waals surface area contributed by atoms with Crippen LogP contribution in [0.1, 0.15) is 19.8 Å². The van der Waals surface area contributed by atoms with Gasteiger partial charge in [0.05, 0.1) is 0 Å². The van der Waals surface area contributed by atoms with Crippen molar-refractivity contribution in [2.75, 3.05) is 6.61 Å². The molecule has 11 heavy (non-hydrogen) atoms. The maximum absolute atomic E-state index is 5.63. The molecule has 0 bridgehead atoms. The minimum atomic E-state index is -1.28. The van der Waals surface area contributed by atoms with Crippen molar-refractivity contribution in [1.29, 1.82) is 0 Å². The first-order chi connectivity index (χ1) is 5.06. The van der Waals surface area contributed by atoms with Crippen LogP contribution < -0.4 is 0 Å². The van der Waals surface area contributed by atoms with Crippen molar-refractivity contribution in [3.8, 4) is 0 Å². The Morgan fingerprint density at radius 3 is 2.36 bits per heavy atom. The highest BCUT2D eigenvalue weighted by molar-refractivity contribution is 6.73. The van der Waals surface area contributed by atoms with Gasteiger partial charge in [0.1, 0.15) is 0 Å². The van der Waals surface area contributed by atoms with E-state index in [1.807, 2.05) is 0 Å².